The highest BCUT2D eigenvalue weighted by Gasteiger charge is 2.35. The van der Waals surface area contributed by atoms with E-state index in [1.165, 1.54) is 7.05 Å². The van der Waals surface area contributed by atoms with Gasteiger partial charge in [-0.15, -0.1) is 0 Å². The van der Waals surface area contributed by atoms with E-state index in [0.29, 0.717) is 0 Å². The third-order valence-electron chi connectivity index (χ3n) is 1.99. The topological polar surface area (TPSA) is 64.1 Å². The van der Waals surface area contributed by atoms with Crippen LogP contribution >= 0.6 is 0 Å². The van der Waals surface area contributed by atoms with Crippen LogP contribution in [-0.2, 0) is 13.2 Å². The van der Waals surface area contributed by atoms with E-state index in [4.69, 9.17) is 5.73 Å². The first kappa shape index (κ1) is 12.0. The summed E-state index contributed by atoms with van der Waals surface area (Å²) in [7, 11) is 1.35. The first-order valence-corrected chi connectivity index (χ1v) is 4.35. The molecule has 0 spiro atoms. The van der Waals surface area contributed by atoms with Crippen LogP contribution in [0.1, 0.15) is 23.9 Å². The summed E-state index contributed by atoms with van der Waals surface area (Å²) < 4.78 is 37.8. The molecule has 86 valence electrons. The SMILES string of the molecule is Cn1nc(C(F)(F)F)cc1[C@@H](O)CCN. The monoisotopic (exact) mass is 223 g/mol. The summed E-state index contributed by atoms with van der Waals surface area (Å²) in [6.45, 7) is 0.202. The zero-order valence-corrected chi connectivity index (χ0v) is 8.12. The Morgan fingerprint density at radius 3 is 2.60 bits per heavy atom. The fraction of sp³-hybridized carbons (Fsp3) is 0.625. The van der Waals surface area contributed by atoms with E-state index in [2.05, 4.69) is 5.10 Å². The van der Waals surface area contributed by atoms with Gasteiger partial charge in [-0.05, 0) is 19.0 Å². The van der Waals surface area contributed by atoms with Gasteiger partial charge in [-0.25, -0.2) is 0 Å². The van der Waals surface area contributed by atoms with Crippen LogP contribution in [0.3, 0.4) is 0 Å². The van der Waals surface area contributed by atoms with Gasteiger partial charge in [-0.3, -0.25) is 4.68 Å². The molecule has 0 aliphatic heterocycles. The quantitative estimate of drug-likeness (QED) is 0.797. The second-order valence-corrected chi connectivity index (χ2v) is 3.17. The van der Waals surface area contributed by atoms with Crippen molar-refractivity contribution in [3.05, 3.63) is 17.5 Å². The van der Waals surface area contributed by atoms with Gasteiger partial charge in [0.15, 0.2) is 5.69 Å². The Bertz CT molecular complexity index is 334. The van der Waals surface area contributed by atoms with Gasteiger partial charge < -0.3 is 10.8 Å². The molecule has 0 aliphatic carbocycles. The van der Waals surface area contributed by atoms with Crippen molar-refractivity contribution < 1.29 is 18.3 Å². The zero-order chi connectivity index (χ0) is 11.6. The molecule has 0 aromatic carbocycles. The predicted octanol–water partition coefficient (Wildman–Crippen LogP) is 0.821. The average molecular weight is 223 g/mol. The van der Waals surface area contributed by atoms with Gasteiger partial charge in [0.25, 0.3) is 0 Å². The maximum Gasteiger partial charge on any atom is 0.435 e. The molecule has 0 unspecified atom stereocenters. The summed E-state index contributed by atoms with van der Waals surface area (Å²) in [5, 5.41) is 12.7. The van der Waals surface area contributed by atoms with E-state index in [1.54, 1.807) is 0 Å². The molecule has 1 rings (SSSR count). The van der Waals surface area contributed by atoms with E-state index in [9.17, 15) is 18.3 Å². The molecule has 0 saturated carbocycles. The summed E-state index contributed by atoms with van der Waals surface area (Å²) in [6, 6.07) is 0.834. The van der Waals surface area contributed by atoms with E-state index >= 15 is 0 Å². The molecule has 0 saturated heterocycles. The van der Waals surface area contributed by atoms with Crippen molar-refractivity contribution in [2.75, 3.05) is 6.54 Å². The molecule has 0 aliphatic rings. The molecule has 1 heterocycles. The maximum absolute atomic E-state index is 12.2. The van der Waals surface area contributed by atoms with Crippen molar-refractivity contribution in [3.63, 3.8) is 0 Å². The number of aliphatic hydroxyl groups excluding tert-OH is 1. The number of hydrogen-bond donors (Lipinski definition) is 2. The molecule has 0 amide bonds. The number of nitrogens with two attached hydrogens (primary N) is 1. The number of aliphatic hydroxyl groups is 1. The highest BCUT2D eigenvalue weighted by atomic mass is 19.4. The van der Waals surface area contributed by atoms with Gasteiger partial charge in [-0.1, -0.05) is 0 Å². The van der Waals surface area contributed by atoms with Gasteiger partial charge in [0, 0.05) is 7.05 Å². The molecule has 0 fully saturated rings. The van der Waals surface area contributed by atoms with Crippen LogP contribution in [0.4, 0.5) is 13.2 Å². The van der Waals surface area contributed by atoms with Crippen LogP contribution in [0.25, 0.3) is 0 Å². The molecule has 1 atom stereocenters. The first-order chi connectivity index (χ1) is 6.86. The zero-order valence-electron chi connectivity index (χ0n) is 8.12. The lowest BCUT2D eigenvalue weighted by Gasteiger charge is -2.08. The number of rotatable bonds is 3. The molecule has 3 N–H and O–H groups in total. The Kier molecular flexibility index (Phi) is 3.35. The molecule has 7 heteroatoms. The van der Waals surface area contributed by atoms with Crippen LogP contribution in [0.2, 0.25) is 0 Å². The van der Waals surface area contributed by atoms with Crippen LogP contribution in [0.5, 0.6) is 0 Å². The minimum absolute atomic E-state index is 0.118. The van der Waals surface area contributed by atoms with Crippen molar-refractivity contribution in [1.82, 2.24) is 9.78 Å². The van der Waals surface area contributed by atoms with Gasteiger partial charge >= 0.3 is 6.18 Å². The van der Waals surface area contributed by atoms with Crippen LogP contribution in [0, 0.1) is 0 Å². The van der Waals surface area contributed by atoms with Crippen LogP contribution in [-0.4, -0.2) is 21.4 Å². The number of aryl methyl sites for hydroxylation is 1. The number of halogens is 3. The van der Waals surface area contributed by atoms with Gasteiger partial charge in [0.2, 0.25) is 0 Å². The minimum Gasteiger partial charge on any atom is -0.387 e. The summed E-state index contributed by atoms with van der Waals surface area (Å²) >= 11 is 0. The van der Waals surface area contributed by atoms with E-state index < -0.39 is 18.0 Å². The second-order valence-electron chi connectivity index (χ2n) is 3.17. The van der Waals surface area contributed by atoms with Crippen molar-refractivity contribution in [3.8, 4) is 0 Å². The normalized spacial score (nSPS) is 14.3. The first-order valence-electron chi connectivity index (χ1n) is 4.35. The Morgan fingerprint density at radius 2 is 2.20 bits per heavy atom. The molecule has 1 aromatic heterocycles. The lowest BCUT2D eigenvalue weighted by atomic mass is 10.2. The van der Waals surface area contributed by atoms with Gasteiger partial charge in [0.1, 0.15) is 0 Å². The second kappa shape index (κ2) is 4.19. The smallest absolute Gasteiger partial charge is 0.387 e. The van der Waals surface area contributed by atoms with Crippen LogP contribution < -0.4 is 5.73 Å². The van der Waals surface area contributed by atoms with Crippen molar-refractivity contribution in [2.24, 2.45) is 12.8 Å². The average Bonchev–Trinajstić information content (AvgIpc) is 2.47. The Balaban J connectivity index is 2.96. The molecule has 1 aromatic rings. The minimum atomic E-state index is -4.49. The third-order valence-corrected chi connectivity index (χ3v) is 1.99. The maximum atomic E-state index is 12.2. The van der Waals surface area contributed by atoms with E-state index in [0.717, 1.165) is 10.7 Å². The fourth-order valence-corrected chi connectivity index (χ4v) is 1.24. The van der Waals surface area contributed by atoms with Crippen LogP contribution in [0.15, 0.2) is 6.07 Å². The standard InChI is InChI=1S/C8H12F3N3O/c1-14-5(6(15)2-3-12)4-7(13-14)8(9,10)11/h4,6,15H,2-3,12H2,1H3/t6-/m0/s1. The molecule has 15 heavy (non-hydrogen) atoms. The molecular formula is C8H12F3N3O. The Labute approximate surface area is 84.5 Å². The van der Waals surface area contributed by atoms with E-state index in [-0.39, 0.29) is 18.7 Å². The molecular weight excluding hydrogens is 211 g/mol. The van der Waals surface area contributed by atoms with E-state index in [1.807, 2.05) is 0 Å². The highest BCUT2D eigenvalue weighted by molar-refractivity contribution is 5.15. The largest absolute Gasteiger partial charge is 0.435 e. The highest BCUT2D eigenvalue weighted by Crippen LogP contribution is 2.30. The molecule has 0 bridgehead atoms. The molecule has 0 radical (unpaired) electrons. The number of aromatic nitrogens is 2. The third kappa shape index (κ3) is 2.69. The van der Waals surface area contributed by atoms with Crippen molar-refractivity contribution in [2.45, 2.75) is 18.7 Å². The summed E-state index contributed by atoms with van der Waals surface area (Å²) in [5.41, 5.74) is 4.31. The number of hydrogen-bond acceptors (Lipinski definition) is 3. The lowest BCUT2D eigenvalue weighted by Crippen LogP contribution is -2.10. The summed E-state index contributed by atoms with van der Waals surface area (Å²) in [5.74, 6) is 0. The van der Waals surface area contributed by atoms with Gasteiger partial charge in [-0.2, -0.15) is 18.3 Å². The Hall–Kier alpha value is -1.08. The number of alkyl halides is 3. The van der Waals surface area contributed by atoms with Crippen molar-refractivity contribution in [1.29, 1.82) is 0 Å². The number of nitrogens with zero attached hydrogens (tertiary/aromatic N) is 2. The summed E-state index contributed by atoms with van der Waals surface area (Å²) in [6.07, 6.45) is -5.29. The van der Waals surface area contributed by atoms with Crippen molar-refractivity contribution >= 4 is 0 Å². The molecule has 4 nitrogen and oxygen atoms in total. The Morgan fingerprint density at radius 1 is 1.60 bits per heavy atom. The summed E-state index contributed by atoms with van der Waals surface area (Å²) in [4.78, 5) is 0. The predicted molar refractivity (Wildman–Crippen MR) is 46.8 cm³/mol. The van der Waals surface area contributed by atoms with Gasteiger partial charge in [0.05, 0.1) is 11.8 Å². The lowest BCUT2D eigenvalue weighted by molar-refractivity contribution is -0.141. The fourth-order valence-electron chi connectivity index (χ4n) is 1.24.